The molecule has 1 atom stereocenters. The summed E-state index contributed by atoms with van der Waals surface area (Å²) in [6, 6.07) is 33.5. The van der Waals surface area contributed by atoms with Crippen molar-refractivity contribution in [2.24, 2.45) is 0 Å². The van der Waals surface area contributed by atoms with E-state index in [0.29, 0.717) is 18.3 Å². The van der Waals surface area contributed by atoms with E-state index in [9.17, 15) is 5.11 Å². The molecule has 5 rings (SSSR count). The molecule has 0 bridgehead atoms. The van der Waals surface area contributed by atoms with E-state index < -0.39 is 6.10 Å². The number of nitrogens with zero attached hydrogens (tertiary/aromatic N) is 3. The molecule has 1 aliphatic rings. The molecule has 4 aromatic rings. The molecule has 1 aromatic heterocycles. The van der Waals surface area contributed by atoms with Gasteiger partial charge < -0.3 is 14.7 Å². The zero-order chi connectivity index (χ0) is 24.6. The van der Waals surface area contributed by atoms with Crippen LogP contribution in [0.3, 0.4) is 0 Å². The lowest BCUT2D eigenvalue weighted by Gasteiger charge is -2.36. The van der Waals surface area contributed by atoms with Crippen molar-refractivity contribution in [3.8, 4) is 5.88 Å². The number of pyridine rings is 1. The van der Waals surface area contributed by atoms with Crippen LogP contribution in [-0.4, -0.2) is 71.9 Å². The van der Waals surface area contributed by atoms with Crippen LogP contribution in [0.25, 0.3) is 10.9 Å². The van der Waals surface area contributed by atoms with Crippen LogP contribution >= 0.6 is 0 Å². The second-order valence-electron chi connectivity index (χ2n) is 9.61. The van der Waals surface area contributed by atoms with Gasteiger partial charge in [0.2, 0.25) is 5.88 Å². The maximum absolute atomic E-state index is 10.6. The molecule has 0 amide bonds. The fourth-order valence-corrected chi connectivity index (χ4v) is 5.06. The first-order valence-corrected chi connectivity index (χ1v) is 13.0. The van der Waals surface area contributed by atoms with E-state index in [0.717, 1.165) is 50.0 Å². The predicted octanol–water partition coefficient (Wildman–Crippen LogP) is 4.81. The molecule has 5 nitrogen and oxygen atoms in total. The SMILES string of the molecule is OC(COc1ccc2ccccc2n1)CN1CCN(CCC(c2ccccc2)c2ccccc2)CC1. The molecule has 1 fully saturated rings. The molecule has 0 spiro atoms. The molecule has 1 saturated heterocycles. The monoisotopic (exact) mass is 481 g/mol. The summed E-state index contributed by atoms with van der Waals surface area (Å²) in [5.41, 5.74) is 3.67. The van der Waals surface area contributed by atoms with Crippen molar-refractivity contribution in [1.29, 1.82) is 0 Å². The third kappa shape index (κ3) is 6.49. The molecule has 0 radical (unpaired) electrons. The lowest BCUT2D eigenvalue weighted by Crippen LogP contribution is -2.49. The Morgan fingerprint density at radius 3 is 2.03 bits per heavy atom. The Labute approximate surface area is 214 Å². The number of β-amino-alcohol motifs (C(OH)–C–C–N with tert-alkyl or cyclic N) is 1. The first kappa shape index (κ1) is 24.4. The minimum absolute atomic E-state index is 0.251. The Morgan fingerprint density at radius 2 is 1.33 bits per heavy atom. The van der Waals surface area contributed by atoms with Gasteiger partial charge in [0.25, 0.3) is 0 Å². The number of aliphatic hydroxyl groups is 1. The van der Waals surface area contributed by atoms with E-state index >= 15 is 0 Å². The van der Waals surface area contributed by atoms with E-state index in [4.69, 9.17) is 4.74 Å². The molecule has 1 unspecified atom stereocenters. The number of ether oxygens (including phenoxy) is 1. The van der Waals surface area contributed by atoms with Gasteiger partial charge in [-0.2, -0.15) is 0 Å². The lowest BCUT2D eigenvalue weighted by molar-refractivity contribution is 0.0447. The summed E-state index contributed by atoms with van der Waals surface area (Å²) in [4.78, 5) is 9.42. The maximum atomic E-state index is 10.6. The van der Waals surface area contributed by atoms with Crippen molar-refractivity contribution in [3.63, 3.8) is 0 Å². The summed E-state index contributed by atoms with van der Waals surface area (Å²) >= 11 is 0. The number of benzene rings is 3. The minimum Gasteiger partial charge on any atom is -0.475 e. The summed E-state index contributed by atoms with van der Waals surface area (Å²) in [6.45, 7) is 5.92. The second kappa shape index (κ2) is 12.1. The van der Waals surface area contributed by atoms with Crippen LogP contribution in [0, 0.1) is 0 Å². The van der Waals surface area contributed by atoms with Gasteiger partial charge in [-0.15, -0.1) is 0 Å². The third-order valence-electron chi connectivity index (χ3n) is 7.07. The van der Waals surface area contributed by atoms with E-state index in [1.54, 1.807) is 0 Å². The number of aliphatic hydroxyl groups excluding tert-OH is 1. The number of piperazine rings is 1. The Morgan fingerprint density at radius 1 is 0.722 bits per heavy atom. The van der Waals surface area contributed by atoms with Crippen molar-refractivity contribution >= 4 is 10.9 Å². The van der Waals surface area contributed by atoms with Crippen LogP contribution in [0.15, 0.2) is 97.1 Å². The van der Waals surface area contributed by atoms with E-state index in [1.807, 2.05) is 36.4 Å². The topological polar surface area (TPSA) is 48.8 Å². The highest BCUT2D eigenvalue weighted by Gasteiger charge is 2.21. The Balaban J connectivity index is 1.07. The van der Waals surface area contributed by atoms with Crippen molar-refractivity contribution in [2.45, 2.75) is 18.4 Å². The molecule has 1 aliphatic heterocycles. The number of rotatable bonds is 10. The molecular formula is C31H35N3O2. The summed E-state index contributed by atoms with van der Waals surface area (Å²) in [5, 5.41) is 11.6. The fourth-order valence-electron chi connectivity index (χ4n) is 5.06. The van der Waals surface area contributed by atoms with Crippen LogP contribution in [0.4, 0.5) is 0 Å². The number of aromatic nitrogens is 1. The van der Waals surface area contributed by atoms with Crippen molar-refractivity contribution in [3.05, 3.63) is 108 Å². The molecule has 186 valence electrons. The van der Waals surface area contributed by atoms with Gasteiger partial charge in [-0.1, -0.05) is 78.9 Å². The molecule has 5 heteroatoms. The van der Waals surface area contributed by atoms with Gasteiger partial charge >= 0.3 is 0 Å². The van der Waals surface area contributed by atoms with Gasteiger partial charge in [-0.25, -0.2) is 4.98 Å². The van der Waals surface area contributed by atoms with Crippen molar-refractivity contribution in [1.82, 2.24) is 14.8 Å². The van der Waals surface area contributed by atoms with Crippen LogP contribution in [-0.2, 0) is 0 Å². The highest BCUT2D eigenvalue weighted by molar-refractivity contribution is 5.78. The molecule has 2 heterocycles. The molecule has 36 heavy (non-hydrogen) atoms. The zero-order valence-corrected chi connectivity index (χ0v) is 20.7. The number of hydrogen-bond donors (Lipinski definition) is 1. The zero-order valence-electron chi connectivity index (χ0n) is 20.7. The standard InChI is InChI=1S/C31H35N3O2/c35-28(24-36-31-16-15-27-13-7-8-14-30(27)32-31)23-34-21-19-33(20-22-34)18-17-29(25-9-3-1-4-10-25)26-11-5-2-6-12-26/h1-16,28-29,35H,17-24H2. The average molecular weight is 482 g/mol. The van der Waals surface area contributed by atoms with Crippen LogP contribution in [0.5, 0.6) is 5.88 Å². The summed E-state index contributed by atoms with van der Waals surface area (Å²) < 4.78 is 5.79. The Hall–Kier alpha value is -3.25. The first-order chi connectivity index (χ1) is 17.7. The number of para-hydroxylation sites is 1. The molecule has 3 aromatic carbocycles. The minimum atomic E-state index is -0.537. The fraction of sp³-hybridized carbons (Fsp3) is 0.323. The molecular weight excluding hydrogens is 446 g/mol. The van der Waals surface area contributed by atoms with Crippen molar-refractivity contribution in [2.75, 3.05) is 45.9 Å². The summed E-state index contributed by atoms with van der Waals surface area (Å²) in [6.07, 6.45) is 0.564. The van der Waals surface area contributed by atoms with E-state index in [1.165, 1.54) is 11.1 Å². The highest BCUT2D eigenvalue weighted by atomic mass is 16.5. The maximum Gasteiger partial charge on any atom is 0.213 e. The molecule has 1 N–H and O–H groups in total. The van der Waals surface area contributed by atoms with Gasteiger partial charge in [-0.3, -0.25) is 4.90 Å². The first-order valence-electron chi connectivity index (χ1n) is 13.0. The van der Waals surface area contributed by atoms with Crippen LogP contribution < -0.4 is 4.74 Å². The largest absolute Gasteiger partial charge is 0.475 e. The quantitative estimate of drug-likeness (QED) is 0.352. The van der Waals surface area contributed by atoms with Crippen LogP contribution in [0.1, 0.15) is 23.5 Å². The number of fused-ring (bicyclic) bond motifs is 1. The van der Waals surface area contributed by atoms with Gasteiger partial charge in [0.1, 0.15) is 12.7 Å². The lowest BCUT2D eigenvalue weighted by atomic mass is 9.88. The van der Waals surface area contributed by atoms with Gasteiger partial charge in [-0.05, 0) is 36.2 Å². The van der Waals surface area contributed by atoms with Gasteiger partial charge in [0.05, 0.1) is 5.52 Å². The van der Waals surface area contributed by atoms with E-state index in [-0.39, 0.29) is 6.61 Å². The molecule has 0 aliphatic carbocycles. The smallest absolute Gasteiger partial charge is 0.213 e. The number of hydrogen-bond acceptors (Lipinski definition) is 5. The highest BCUT2D eigenvalue weighted by Crippen LogP contribution is 2.28. The average Bonchev–Trinajstić information content (AvgIpc) is 2.94. The van der Waals surface area contributed by atoms with Crippen LogP contribution in [0.2, 0.25) is 0 Å². The summed E-state index contributed by atoms with van der Waals surface area (Å²) in [5.74, 6) is 0.970. The Bertz CT molecular complexity index is 1170. The van der Waals surface area contributed by atoms with Crippen molar-refractivity contribution < 1.29 is 9.84 Å². The Kier molecular flexibility index (Phi) is 8.24. The van der Waals surface area contributed by atoms with E-state index in [2.05, 4.69) is 75.4 Å². The third-order valence-corrected chi connectivity index (χ3v) is 7.07. The normalized spacial score (nSPS) is 15.8. The summed E-state index contributed by atoms with van der Waals surface area (Å²) in [7, 11) is 0. The predicted molar refractivity (Wildman–Crippen MR) is 145 cm³/mol. The second-order valence-corrected chi connectivity index (χ2v) is 9.61. The molecule has 0 saturated carbocycles. The van der Waals surface area contributed by atoms with Gasteiger partial charge in [0, 0.05) is 50.1 Å². The van der Waals surface area contributed by atoms with Gasteiger partial charge in [0.15, 0.2) is 0 Å².